The van der Waals surface area contributed by atoms with Crippen LogP contribution in [0.2, 0.25) is 0 Å². The fourth-order valence-electron chi connectivity index (χ4n) is 11.8. The molecule has 0 aliphatic rings. The Labute approximate surface area is 737 Å². The van der Waals surface area contributed by atoms with Crippen LogP contribution in [0.1, 0.15) is 161 Å². The minimum absolute atomic E-state index is 0.0128. The van der Waals surface area contributed by atoms with Gasteiger partial charge in [-0.25, -0.2) is 0 Å². The van der Waals surface area contributed by atoms with E-state index in [-0.39, 0.29) is 261 Å². The summed E-state index contributed by atoms with van der Waals surface area (Å²) in [6, 6.07) is -15.3. The third kappa shape index (κ3) is 57.0. The lowest BCUT2D eigenvalue weighted by molar-refractivity contribution is -0.134. The van der Waals surface area contributed by atoms with Gasteiger partial charge in [0.2, 0.25) is 76.8 Å². The number of rotatable bonds is 70. The standard InChI is InChI=1S/C71H143N41O13S/c72-39(15-7-29-96-64(77)78)53(115)106-45(22-11-33-100-68(85)86)58(120)94-27-4-1-19-43(110-62(124)48(24-13-35-102-70(89)90)108-55(117)41(74)17-9-31-98-66(81)82)57(119)93-26-5-2-20-44(60(122)104-37-51(113)105-50(38-126)52(76)114)111-61(123)47(112-63(125)49(25-14-36-103-71(91)92)109-56(118)42(75)18-10-32-99-67(83)84)21-3-6-28-95-59(121)46(23-12-34-101-69(87)88)107-54(116)40(73)16-8-30-97-65(79)80/h39-50,126H,1-38,72-75H2,(H2,76,114)(H,93,119)(H,94,120)(H,95,121)(H,104,122)(H,105,113)(H,106,115)(H,107,116)(H,108,117)(H,109,118)(H,110,124)(H,111,123)(H,112,125)(H4,77,78,96)(H4,79,80,97)(H4,81,82,98)(H4,83,84,99)(H4,85,86,100)(H4,87,88,101)(H4,89,90,102)(H4,91,92,103)/t39-,40-,41-,42-,43-,44-,45-,46-,47-,48-,49-,50-/m0/s1. The average Bonchev–Trinajstić information content (AvgIpc) is 0.871. The number of guanidine groups is 8. The molecule has 0 heterocycles. The summed E-state index contributed by atoms with van der Waals surface area (Å²) in [6.45, 7) is 0.282. The van der Waals surface area contributed by atoms with Crippen LogP contribution in [-0.4, -0.2) is 281 Å². The second kappa shape index (κ2) is 66.9. The summed E-state index contributed by atoms with van der Waals surface area (Å²) in [5.41, 5.74) is 73.7. The van der Waals surface area contributed by atoms with Crippen LogP contribution < -0.4 is 181 Å². The number of nitrogens with two attached hydrogens (primary N) is 13. The van der Waals surface area contributed by atoms with Gasteiger partial charge in [0.1, 0.15) is 48.3 Å². The van der Waals surface area contributed by atoms with Crippen molar-refractivity contribution in [2.75, 3.05) is 84.3 Å². The molecule has 12 atom stereocenters. The molecule has 0 aliphatic heterocycles. The van der Waals surface area contributed by atoms with Gasteiger partial charge in [-0.15, -0.1) is 0 Å². The van der Waals surface area contributed by atoms with Crippen molar-refractivity contribution in [2.45, 2.75) is 233 Å². The Hall–Kier alpha value is -12.5. The quantitative estimate of drug-likeness (QED) is 0.0116. The van der Waals surface area contributed by atoms with Crippen LogP contribution in [0.5, 0.6) is 0 Å². The van der Waals surface area contributed by atoms with Crippen molar-refractivity contribution in [3.63, 3.8) is 0 Å². The second-order valence-electron chi connectivity index (χ2n) is 29.5. The van der Waals surface area contributed by atoms with Gasteiger partial charge in [-0.3, -0.25) is 106 Å². The van der Waals surface area contributed by atoms with Gasteiger partial charge >= 0.3 is 0 Å². The molecule has 0 rings (SSSR count). The molecule has 0 unspecified atom stereocenters. The Kier molecular flexibility index (Phi) is 60.3. The molecular weight excluding hydrogens is 1670 g/mol. The fraction of sp³-hybridized carbons (Fsp3) is 0.704. The topological polar surface area (TPSA) is 992 Å². The Morgan fingerprint density at radius 2 is 0.381 bits per heavy atom. The van der Waals surface area contributed by atoms with Gasteiger partial charge in [0.25, 0.3) is 0 Å². The zero-order chi connectivity index (χ0) is 95.1. The summed E-state index contributed by atoms with van der Waals surface area (Å²) in [7, 11) is 0. The predicted octanol–water partition coefficient (Wildman–Crippen LogP) is -13.3. The minimum Gasteiger partial charge on any atom is -0.370 e. The number of primary amides is 1. The van der Waals surface area contributed by atoms with Crippen LogP contribution in [-0.2, 0) is 62.3 Å². The van der Waals surface area contributed by atoms with E-state index in [1.165, 1.54) is 0 Å². The second-order valence-corrected chi connectivity index (χ2v) is 29.9. The summed E-state index contributed by atoms with van der Waals surface area (Å²) >= 11 is 4.06. The van der Waals surface area contributed by atoms with E-state index >= 15 is 0 Å². The lowest BCUT2D eigenvalue weighted by atomic mass is 10.0. The number of amides is 13. The van der Waals surface area contributed by atoms with Crippen molar-refractivity contribution in [2.24, 2.45) is 74.5 Å². The molecular formula is C71H143N41O13S. The highest BCUT2D eigenvalue weighted by Crippen LogP contribution is 2.12. The molecule has 0 spiro atoms. The highest BCUT2D eigenvalue weighted by Gasteiger charge is 2.34. The number of carbonyl (C=O) groups is 13. The zero-order valence-corrected chi connectivity index (χ0v) is 72.5. The van der Waals surface area contributed by atoms with Crippen LogP contribution in [0.15, 0.2) is 0 Å². The molecule has 0 aliphatic carbocycles. The number of hydrogen-bond acceptors (Lipinski definition) is 26. The number of nitrogens with one attached hydrogen (secondary N) is 28. The van der Waals surface area contributed by atoms with Gasteiger partial charge in [-0.1, -0.05) is 0 Å². The van der Waals surface area contributed by atoms with Crippen LogP contribution in [0.25, 0.3) is 0 Å². The van der Waals surface area contributed by atoms with Crippen molar-refractivity contribution < 1.29 is 62.3 Å². The fourth-order valence-corrected chi connectivity index (χ4v) is 12.1. The highest BCUT2D eigenvalue weighted by atomic mass is 32.1. The van der Waals surface area contributed by atoms with E-state index in [4.69, 9.17) is 118 Å². The molecule has 13 amide bonds. The van der Waals surface area contributed by atoms with Crippen molar-refractivity contribution in [3.8, 4) is 0 Å². The molecule has 0 saturated carbocycles. The van der Waals surface area contributed by atoms with Crippen molar-refractivity contribution in [3.05, 3.63) is 0 Å². The van der Waals surface area contributed by atoms with Crippen LogP contribution in [0, 0.1) is 43.3 Å². The van der Waals surface area contributed by atoms with E-state index in [1.54, 1.807) is 0 Å². The van der Waals surface area contributed by atoms with E-state index < -0.39 is 162 Å². The molecule has 716 valence electrons. The first-order chi connectivity index (χ1) is 59.6. The molecule has 0 aromatic carbocycles. The Morgan fingerprint density at radius 3 is 0.579 bits per heavy atom. The maximum Gasteiger partial charge on any atom is 0.243 e. The van der Waals surface area contributed by atoms with Gasteiger partial charge in [0.15, 0.2) is 47.7 Å². The summed E-state index contributed by atoms with van der Waals surface area (Å²) in [6.07, 6.45) is 2.32. The first-order valence-electron chi connectivity index (χ1n) is 41.7. The number of hydrogen-bond donors (Lipinski definition) is 42. The first-order valence-corrected chi connectivity index (χ1v) is 42.3. The van der Waals surface area contributed by atoms with Gasteiger partial charge in [0.05, 0.1) is 30.7 Å². The van der Waals surface area contributed by atoms with E-state index in [2.05, 4.69) is 119 Å². The third-order valence-electron chi connectivity index (χ3n) is 18.7. The van der Waals surface area contributed by atoms with Gasteiger partial charge < -0.3 is 181 Å². The molecule has 55 heteroatoms. The zero-order valence-electron chi connectivity index (χ0n) is 71.6. The Bertz CT molecular complexity index is 3510. The molecule has 0 saturated heterocycles. The summed E-state index contributed by atoms with van der Waals surface area (Å²) in [4.78, 5) is 180. The lowest BCUT2D eigenvalue weighted by Gasteiger charge is -2.26. The smallest absolute Gasteiger partial charge is 0.243 e. The minimum atomic E-state index is -1.57. The third-order valence-corrected chi connectivity index (χ3v) is 19.1. The monoisotopic (exact) mass is 1810 g/mol. The van der Waals surface area contributed by atoms with Crippen LogP contribution >= 0.6 is 12.6 Å². The molecule has 0 radical (unpaired) electrons. The van der Waals surface area contributed by atoms with Crippen molar-refractivity contribution in [1.29, 1.82) is 43.3 Å². The normalized spacial score (nSPS) is 13.6. The van der Waals surface area contributed by atoms with E-state index in [0.29, 0.717) is 19.3 Å². The van der Waals surface area contributed by atoms with Crippen molar-refractivity contribution >= 4 is 137 Å². The summed E-state index contributed by atoms with van der Waals surface area (Å²) in [5, 5.41) is 113. The Morgan fingerprint density at radius 1 is 0.206 bits per heavy atom. The molecule has 54 N–H and O–H groups in total. The lowest BCUT2D eigenvalue weighted by Crippen LogP contribution is -2.58. The number of unbranched alkanes of at least 4 members (excludes halogenated alkanes) is 3. The molecule has 54 nitrogen and oxygen atoms in total. The SMILES string of the molecule is N=C(N)NCCC[C@H](NC(=O)[C@@H](N)CCCNC(=N)N)C(=O)NCCCC[C@H](NC(=O)[C@H](CCCNC(=N)N)NC(=O)[C@@H](N)CCCNC(=N)N)C(=O)NCCCC[C@H](NC(=O)[C@H](CCCCNC(=O)[C@H](CCCNC(=N)N)NC(=O)[C@@H](N)CCCNC(=N)N)NC(=O)[C@H](CCCNC(=N)N)NC(=O)[C@@H](N)CCCNC(=N)N)C(=O)NCC(=O)N[C@@H](CS)C(N)=O. The summed E-state index contributed by atoms with van der Waals surface area (Å²) in [5.74, 6) is -13.2. The largest absolute Gasteiger partial charge is 0.370 e. The number of carbonyl (C=O) groups excluding carboxylic acids is 13. The van der Waals surface area contributed by atoms with Gasteiger partial charge in [-0.2, -0.15) is 12.6 Å². The molecule has 126 heavy (non-hydrogen) atoms. The van der Waals surface area contributed by atoms with E-state index in [0.717, 1.165) is 0 Å². The molecule has 0 fully saturated rings. The average molecular weight is 1810 g/mol. The molecule has 0 bridgehead atoms. The van der Waals surface area contributed by atoms with E-state index in [9.17, 15) is 62.3 Å². The first kappa shape index (κ1) is 113. The van der Waals surface area contributed by atoms with Crippen LogP contribution in [0.4, 0.5) is 0 Å². The van der Waals surface area contributed by atoms with Gasteiger partial charge in [-0.05, 0) is 161 Å². The van der Waals surface area contributed by atoms with E-state index in [1.807, 2.05) is 0 Å². The Balaban J connectivity index is 7.72. The summed E-state index contributed by atoms with van der Waals surface area (Å²) < 4.78 is 0. The highest BCUT2D eigenvalue weighted by molar-refractivity contribution is 7.80. The predicted molar refractivity (Wildman–Crippen MR) is 477 cm³/mol. The maximum atomic E-state index is 15.0. The number of thiol groups is 1. The van der Waals surface area contributed by atoms with Crippen molar-refractivity contribution in [1.82, 2.24) is 106 Å². The molecule has 0 aromatic heterocycles. The van der Waals surface area contributed by atoms with Gasteiger partial charge in [0, 0.05) is 77.7 Å². The maximum absolute atomic E-state index is 15.0. The molecule has 0 aromatic rings. The van der Waals surface area contributed by atoms with Crippen LogP contribution in [0.3, 0.4) is 0 Å².